The van der Waals surface area contributed by atoms with E-state index in [1.807, 2.05) is 0 Å². The van der Waals surface area contributed by atoms with Gasteiger partial charge in [-0.2, -0.15) is 0 Å². The van der Waals surface area contributed by atoms with Crippen molar-refractivity contribution in [1.82, 2.24) is 0 Å². The molecule has 0 aliphatic rings. The van der Waals surface area contributed by atoms with Crippen molar-refractivity contribution in [2.24, 2.45) is 0 Å². The molecule has 1 unspecified atom stereocenters. The molecule has 0 N–H and O–H groups in total. The fourth-order valence-corrected chi connectivity index (χ4v) is 11.5. The topological polar surface area (TPSA) is 78.9 Å². The van der Waals surface area contributed by atoms with Gasteiger partial charge >= 0.3 is 17.9 Å². The number of ether oxygens (including phenoxy) is 3. The van der Waals surface area contributed by atoms with Crippen molar-refractivity contribution in [3.8, 4) is 0 Å². The van der Waals surface area contributed by atoms with Crippen molar-refractivity contribution < 1.29 is 28.6 Å². The van der Waals surface area contributed by atoms with Crippen LogP contribution in [0.25, 0.3) is 0 Å². The van der Waals surface area contributed by atoms with Gasteiger partial charge in [0, 0.05) is 19.3 Å². The number of carbonyl (C=O) groups is 3. The van der Waals surface area contributed by atoms with Gasteiger partial charge in [0.05, 0.1) is 0 Å². The first-order valence-corrected chi connectivity index (χ1v) is 36.7. The number of unbranched alkanes of at least 4 members (excludes halogenated alkanes) is 56. The lowest BCUT2D eigenvalue weighted by Gasteiger charge is -2.18. The van der Waals surface area contributed by atoms with Gasteiger partial charge in [0.15, 0.2) is 6.10 Å². The van der Waals surface area contributed by atoms with Crippen molar-refractivity contribution in [2.45, 2.75) is 431 Å². The zero-order valence-corrected chi connectivity index (χ0v) is 54.6. The molecule has 474 valence electrons. The molecule has 0 spiro atoms. The van der Waals surface area contributed by atoms with Crippen LogP contribution < -0.4 is 0 Å². The Morgan fingerprint density at radius 3 is 0.625 bits per heavy atom. The highest BCUT2D eigenvalue weighted by Gasteiger charge is 2.20. The van der Waals surface area contributed by atoms with E-state index in [9.17, 15) is 14.4 Å². The maximum atomic E-state index is 13.0. The van der Waals surface area contributed by atoms with Crippen LogP contribution >= 0.6 is 0 Å². The molecule has 0 aromatic carbocycles. The van der Waals surface area contributed by atoms with E-state index in [4.69, 9.17) is 14.2 Å². The Kier molecular flexibility index (Phi) is 68.0. The highest BCUT2D eigenvalue weighted by atomic mass is 16.6. The minimum absolute atomic E-state index is 0.0655. The summed E-state index contributed by atoms with van der Waals surface area (Å²) in [5.41, 5.74) is 0. The van der Waals surface area contributed by atoms with Gasteiger partial charge in [-0.05, 0) is 44.9 Å². The molecule has 80 heavy (non-hydrogen) atoms. The van der Waals surface area contributed by atoms with Gasteiger partial charge in [0.2, 0.25) is 0 Å². The van der Waals surface area contributed by atoms with Crippen LogP contribution in [0, 0.1) is 0 Å². The van der Waals surface area contributed by atoms with Crippen molar-refractivity contribution in [3.63, 3.8) is 0 Å². The minimum Gasteiger partial charge on any atom is -0.462 e. The lowest BCUT2D eigenvalue weighted by atomic mass is 10.0. The maximum Gasteiger partial charge on any atom is 0.306 e. The van der Waals surface area contributed by atoms with Gasteiger partial charge in [-0.3, -0.25) is 14.4 Å². The van der Waals surface area contributed by atoms with Crippen LogP contribution in [0.2, 0.25) is 0 Å². The Morgan fingerprint density at radius 2 is 0.412 bits per heavy atom. The van der Waals surface area contributed by atoms with Crippen molar-refractivity contribution in [1.29, 1.82) is 0 Å². The third-order valence-corrected chi connectivity index (χ3v) is 17.0. The van der Waals surface area contributed by atoms with E-state index in [2.05, 4.69) is 32.9 Å². The number of esters is 3. The SMILES string of the molecule is CCCCCCCC/C=C\CCCCCCCC(=O)OCC(COC(=O)CCCCCCCCCCCCCCCCCCCCCCCCCCCCCC)OC(=O)CCCCCCCCCCCCCCCCCCCCC. The molecule has 0 saturated heterocycles. The highest BCUT2D eigenvalue weighted by molar-refractivity contribution is 5.71. The first kappa shape index (κ1) is 78.1. The van der Waals surface area contributed by atoms with Gasteiger partial charge in [-0.15, -0.1) is 0 Å². The lowest BCUT2D eigenvalue weighted by Crippen LogP contribution is -2.30. The summed E-state index contributed by atoms with van der Waals surface area (Å²) < 4.78 is 17.0. The first-order chi connectivity index (χ1) is 39.5. The Hall–Kier alpha value is -1.85. The van der Waals surface area contributed by atoms with Crippen molar-refractivity contribution in [3.05, 3.63) is 12.2 Å². The van der Waals surface area contributed by atoms with Gasteiger partial charge in [-0.25, -0.2) is 0 Å². The van der Waals surface area contributed by atoms with Crippen LogP contribution in [0.4, 0.5) is 0 Å². The fourth-order valence-electron chi connectivity index (χ4n) is 11.5. The van der Waals surface area contributed by atoms with Crippen LogP contribution in [-0.4, -0.2) is 37.2 Å². The second-order valence-electron chi connectivity index (χ2n) is 25.2. The Morgan fingerprint density at radius 1 is 0.237 bits per heavy atom. The molecule has 0 saturated carbocycles. The molecule has 0 amide bonds. The highest BCUT2D eigenvalue weighted by Crippen LogP contribution is 2.19. The average Bonchev–Trinajstić information content (AvgIpc) is 3.46. The van der Waals surface area contributed by atoms with E-state index in [0.717, 1.165) is 64.2 Å². The van der Waals surface area contributed by atoms with Crippen LogP contribution in [0.1, 0.15) is 425 Å². The molecular weight excluding hydrogens is 985 g/mol. The summed E-state index contributed by atoms with van der Waals surface area (Å²) >= 11 is 0. The van der Waals surface area contributed by atoms with Gasteiger partial charge in [0.25, 0.3) is 0 Å². The molecule has 0 heterocycles. The number of hydrogen-bond donors (Lipinski definition) is 0. The molecule has 0 rings (SSSR count). The largest absolute Gasteiger partial charge is 0.462 e. The van der Waals surface area contributed by atoms with E-state index in [1.165, 1.54) is 321 Å². The molecule has 1 atom stereocenters. The lowest BCUT2D eigenvalue weighted by molar-refractivity contribution is -0.167. The van der Waals surface area contributed by atoms with E-state index in [-0.39, 0.29) is 31.1 Å². The molecule has 0 radical (unpaired) electrons. The zero-order chi connectivity index (χ0) is 57.8. The number of carbonyl (C=O) groups excluding carboxylic acids is 3. The Labute approximate surface area is 501 Å². The molecule has 0 aromatic heterocycles. The predicted molar refractivity (Wildman–Crippen MR) is 349 cm³/mol. The Balaban J connectivity index is 4.19. The molecular formula is C74H142O6. The molecule has 0 bridgehead atoms. The van der Waals surface area contributed by atoms with Crippen molar-refractivity contribution in [2.75, 3.05) is 13.2 Å². The first-order valence-electron chi connectivity index (χ1n) is 36.7. The van der Waals surface area contributed by atoms with E-state index < -0.39 is 6.10 Å². The molecule has 0 fully saturated rings. The maximum absolute atomic E-state index is 13.0. The molecule has 6 heteroatoms. The summed E-state index contributed by atoms with van der Waals surface area (Å²) in [5, 5.41) is 0. The van der Waals surface area contributed by atoms with E-state index >= 15 is 0 Å². The average molecular weight is 1130 g/mol. The van der Waals surface area contributed by atoms with E-state index in [1.54, 1.807) is 0 Å². The number of allylic oxidation sites excluding steroid dienone is 2. The third-order valence-electron chi connectivity index (χ3n) is 17.0. The third kappa shape index (κ3) is 66.9. The molecule has 6 nitrogen and oxygen atoms in total. The number of hydrogen-bond acceptors (Lipinski definition) is 6. The summed E-state index contributed by atoms with van der Waals surface area (Å²) in [5.74, 6) is -0.837. The molecule has 0 aliphatic heterocycles. The smallest absolute Gasteiger partial charge is 0.306 e. The standard InChI is InChI=1S/C74H142O6/c1-4-7-10-13-16-19-22-25-28-30-32-33-34-35-36-37-38-39-40-42-43-46-49-52-55-58-61-64-67-73(76)79-70-71(69-78-72(75)66-63-60-57-54-51-48-45-27-24-21-18-15-12-9-6-3)80-74(77)68-65-62-59-56-53-50-47-44-41-31-29-26-23-20-17-14-11-8-5-2/h27,45,71H,4-26,28-44,46-70H2,1-3H3/b45-27-. The number of rotatable bonds is 69. The fraction of sp³-hybridized carbons (Fsp3) is 0.932. The predicted octanol–water partition coefficient (Wildman–Crippen LogP) is 25.2. The van der Waals surface area contributed by atoms with Gasteiger partial charge in [-0.1, -0.05) is 373 Å². The Bertz CT molecular complexity index is 1250. The second kappa shape index (κ2) is 69.6. The van der Waals surface area contributed by atoms with Crippen LogP contribution in [0.3, 0.4) is 0 Å². The van der Waals surface area contributed by atoms with Crippen LogP contribution in [0.15, 0.2) is 12.2 Å². The van der Waals surface area contributed by atoms with E-state index in [0.29, 0.717) is 19.3 Å². The summed E-state index contributed by atoms with van der Waals surface area (Å²) in [4.78, 5) is 38.5. The molecule has 0 aromatic rings. The quantitative estimate of drug-likeness (QED) is 0.0261. The minimum atomic E-state index is -0.770. The summed E-state index contributed by atoms with van der Waals surface area (Å²) in [7, 11) is 0. The second-order valence-corrected chi connectivity index (χ2v) is 25.2. The summed E-state index contributed by atoms with van der Waals surface area (Å²) in [6.45, 7) is 6.73. The normalized spacial score (nSPS) is 12.0. The van der Waals surface area contributed by atoms with Crippen LogP contribution in [0.5, 0.6) is 0 Å². The summed E-state index contributed by atoms with van der Waals surface area (Å²) in [6, 6.07) is 0. The van der Waals surface area contributed by atoms with Crippen LogP contribution in [-0.2, 0) is 28.6 Å². The van der Waals surface area contributed by atoms with Gasteiger partial charge in [0.1, 0.15) is 13.2 Å². The molecule has 0 aliphatic carbocycles. The monoisotopic (exact) mass is 1130 g/mol. The van der Waals surface area contributed by atoms with Gasteiger partial charge < -0.3 is 14.2 Å². The zero-order valence-electron chi connectivity index (χ0n) is 54.6. The van der Waals surface area contributed by atoms with Crippen molar-refractivity contribution >= 4 is 17.9 Å². The summed E-state index contributed by atoms with van der Waals surface area (Å²) in [6.07, 6.45) is 84.0.